The highest BCUT2D eigenvalue weighted by molar-refractivity contribution is 5.86. The van der Waals surface area contributed by atoms with Crippen molar-refractivity contribution >= 4 is 11.9 Å². The van der Waals surface area contributed by atoms with Crippen LogP contribution >= 0.6 is 0 Å². The van der Waals surface area contributed by atoms with E-state index < -0.39 is 5.97 Å². The van der Waals surface area contributed by atoms with Crippen molar-refractivity contribution in [1.82, 2.24) is 0 Å². The zero-order valence-corrected chi connectivity index (χ0v) is 16.3. The number of carboxylic acid groups (broad SMARTS) is 1. The molecule has 0 aliphatic heterocycles. The molecule has 0 aromatic heterocycles. The van der Waals surface area contributed by atoms with Crippen molar-refractivity contribution in [2.45, 2.75) is 78.2 Å². The van der Waals surface area contributed by atoms with Crippen LogP contribution in [-0.2, 0) is 14.3 Å². The van der Waals surface area contributed by atoms with Crippen LogP contribution in [0.15, 0.2) is 11.6 Å². The average molecular weight is 360 g/mol. The Hall–Kier alpha value is -1.32. The summed E-state index contributed by atoms with van der Waals surface area (Å²) in [5.74, 6) is 1.62. The van der Waals surface area contributed by atoms with Crippen molar-refractivity contribution in [3.8, 4) is 0 Å². The minimum absolute atomic E-state index is 0.0670. The quantitative estimate of drug-likeness (QED) is 0.732. The highest BCUT2D eigenvalue weighted by Gasteiger charge is 2.60. The summed E-state index contributed by atoms with van der Waals surface area (Å²) < 4.78 is 5.72. The van der Waals surface area contributed by atoms with Crippen LogP contribution in [0.3, 0.4) is 0 Å². The van der Waals surface area contributed by atoms with Gasteiger partial charge < -0.3 is 9.84 Å². The number of hydrogen-bond acceptors (Lipinski definition) is 3. The van der Waals surface area contributed by atoms with Crippen molar-refractivity contribution in [2.75, 3.05) is 0 Å². The monoisotopic (exact) mass is 360 g/mol. The smallest absolute Gasteiger partial charge is 0.331 e. The Kier molecular flexibility index (Phi) is 4.24. The van der Waals surface area contributed by atoms with E-state index in [1.807, 2.05) is 6.08 Å². The lowest BCUT2D eigenvalue weighted by Gasteiger charge is -2.59. The molecule has 4 heteroatoms. The maximum atomic E-state index is 11.6. The predicted molar refractivity (Wildman–Crippen MR) is 98.4 cm³/mol. The fraction of sp³-hybridized carbons (Fsp3) is 0.818. The lowest BCUT2D eigenvalue weighted by atomic mass is 9.45. The van der Waals surface area contributed by atoms with Crippen molar-refractivity contribution < 1.29 is 19.4 Å². The maximum absolute atomic E-state index is 11.6. The molecule has 26 heavy (non-hydrogen) atoms. The lowest BCUT2D eigenvalue weighted by molar-refractivity contribution is -0.160. The molecule has 0 saturated heterocycles. The van der Waals surface area contributed by atoms with Gasteiger partial charge in [0.05, 0.1) is 0 Å². The second-order valence-corrected chi connectivity index (χ2v) is 9.82. The Bertz CT molecular complexity index is 653. The first-order chi connectivity index (χ1) is 12.3. The van der Waals surface area contributed by atoms with Crippen molar-refractivity contribution in [3.63, 3.8) is 0 Å². The van der Waals surface area contributed by atoms with Gasteiger partial charge >= 0.3 is 11.9 Å². The van der Waals surface area contributed by atoms with Gasteiger partial charge in [-0.05, 0) is 80.5 Å². The summed E-state index contributed by atoms with van der Waals surface area (Å²) in [6, 6.07) is 0. The van der Waals surface area contributed by atoms with Gasteiger partial charge in [-0.25, -0.2) is 4.79 Å². The number of carboxylic acids is 1. The zero-order valence-electron chi connectivity index (χ0n) is 16.3. The fourth-order valence-corrected chi connectivity index (χ4v) is 7.47. The maximum Gasteiger partial charge on any atom is 0.331 e. The first-order valence-electron chi connectivity index (χ1n) is 10.4. The van der Waals surface area contributed by atoms with Crippen LogP contribution in [-0.4, -0.2) is 23.1 Å². The standard InChI is InChI=1S/C22H32O4/c1-13(23)26-19-9-8-17-16-7-6-15-5-4-14(20(24)25)12-22(15,3)18(16)10-11-21(17,19)2/h4,15-19H,5-12H2,1-3H3,(H,24,25)/t15-,16-,17-,18-,19+,21-,22-/m0/s1. The molecule has 0 radical (unpaired) electrons. The molecule has 7 atom stereocenters. The average Bonchev–Trinajstić information content (AvgIpc) is 2.89. The van der Waals surface area contributed by atoms with Crippen LogP contribution in [0.1, 0.15) is 72.1 Å². The molecule has 0 spiro atoms. The van der Waals surface area contributed by atoms with Gasteiger partial charge in [-0.1, -0.05) is 19.9 Å². The number of ether oxygens (including phenoxy) is 1. The topological polar surface area (TPSA) is 63.6 Å². The number of allylic oxidation sites excluding steroid dienone is 1. The highest BCUT2D eigenvalue weighted by Crippen LogP contribution is 2.66. The van der Waals surface area contributed by atoms with Crippen LogP contribution in [0.2, 0.25) is 0 Å². The Labute approximate surface area is 156 Å². The van der Waals surface area contributed by atoms with Crippen LogP contribution in [0.5, 0.6) is 0 Å². The summed E-state index contributed by atoms with van der Waals surface area (Å²) in [6.45, 7) is 6.23. The van der Waals surface area contributed by atoms with Crippen LogP contribution in [0, 0.1) is 34.5 Å². The number of hydrogen-bond donors (Lipinski definition) is 1. The first kappa shape index (κ1) is 18.1. The van der Waals surface area contributed by atoms with Gasteiger partial charge in [0, 0.05) is 17.9 Å². The van der Waals surface area contributed by atoms with E-state index >= 15 is 0 Å². The van der Waals surface area contributed by atoms with E-state index in [9.17, 15) is 14.7 Å². The molecule has 0 heterocycles. The summed E-state index contributed by atoms with van der Waals surface area (Å²) in [5.41, 5.74) is 0.851. The molecule has 0 aromatic rings. The normalized spacial score (nSPS) is 47.2. The molecule has 0 bridgehead atoms. The predicted octanol–water partition coefficient (Wildman–Crippen LogP) is 4.58. The van der Waals surface area contributed by atoms with Gasteiger partial charge in [0.25, 0.3) is 0 Å². The second-order valence-electron chi connectivity index (χ2n) is 9.82. The SMILES string of the molecule is CC(=O)O[C@@H]1CC[C@H]2[C@@H]3CC[C@@H]4CC=C(C(=O)O)C[C@]4(C)[C@H]3CC[C@]12C. The lowest BCUT2D eigenvalue weighted by Crippen LogP contribution is -2.53. The fourth-order valence-electron chi connectivity index (χ4n) is 7.47. The molecule has 0 unspecified atom stereocenters. The van der Waals surface area contributed by atoms with Gasteiger partial charge in [-0.15, -0.1) is 0 Å². The Morgan fingerprint density at radius 1 is 1.08 bits per heavy atom. The highest BCUT2D eigenvalue weighted by atomic mass is 16.5. The Morgan fingerprint density at radius 2 is 1.81 bits per heavy atom. The molecule has 1 N–H and O–H groups in total. The molecule has 4 nitrogen and oxygen atoms in total. The van der Waals surface area contributed by atoms with E-state index in [2.05, 4.69) is 13.8 Å². The van der Waals surface area contributed by atoms with E-state index in [0.717, 1.165) is 38.5 Å². The van der Waals surface area contributed by atoms with Gasteiger partial charge in [0.15, 0.2) is 0 Å². The van der Waals surface area contributed by atoms with Gasteiger partial charge in [0.1, 0.15) is 6.10 Å². The molecule has 0 amide bonds. The Balaban J connectivity index is 1.60. The number of carbonyl (C=O) groups excluding carboxylic acids is 1. The molecule has 4 aliphatic rings. The van der Waals surface area contributed by atoms with Crippen molar-refractivity contribution in [3.05, 3.63) is 11.6 Å². The van der Waals surface area contributed by atoms with E-state index in [1.54, 1.807) is 0 Å². The van der Waals surface area contributed by atoms with E-state index in [-0.39, 0.29) is 22.9 Å². The summed E-state index contributed by atoms with van der Waals surface area (Å²) in [4.78, 5) is 23.1. The number of rotatable bonds is 2. The number of esters is 1. The molecule has 4 aliphatic carbocycles. The first-order valence-corrected chi connectivity index (χ1v) is 10.4. The minimum Gasteiger partial charge on any atom is -0.478 e. The molecular formula is C22H32O4. The molecule has 0 aromatic carbocycles. The third kappa shape index (κ3) is 2.55. The largest absolute Gasteiger partial charge is 0.478 e. The van der Waals surface area contributed by atoms with Crippen molar-refractivity contribution in [2.24, 2.45) is 34.5 Å². The van der Waals surface area contributed by atoms with Crippen LogP contribution < -0.4 is 0 Å². The molecular weight excluding hydrogens is 328 g/mol. The molecule has 144 valence electrons. The van der Waals surface area contributed by atoms with E-state index in [0.29, 0.717) is 29.2 Å². The summed E-state index contributed by atoms with van der Waals surface area (Å²) in [7, 11) is 0. The third-order valence-electron chi connectivity index (χ3n) is 8.78. The van der Waals surface area contributed by atoms with Crippen molar-refractivity contribution in [1.29, 1.82) is 0 Å². The van der Waals surface area contributed by atoms with E-state index in [1.165, 1.54) is 19.8 Å². The van der Waals surface area contributed by atoms with Gasteiger partial charge in [0.2, 0.25) is 0 Å². The summed E-state index contributed by atoms with van der Waals surface area (Å²) in [6.07, 6.45) is 10.6. The second kappa shape index (κ2) is 6.10. The van der Waals surface area contributed by atoms with E-state index in [4.69, 9.17) is 4.74 Å². The van der Waals surface area contributed by atoms with Gasteiger partial charge in [-0.3, -0.25) is 4.79 Å². The van der Waals surface area contributed by atoms with Crippen LogP contribution in [0.25, 0.3) is 0 Å². The Morgan fingerprint density at radius 3 is 2.50 bits per heavy atom. The zero-order chi connectivity index (χ0) is 18.7. The number of carbonyl (C=O) groups is 2. The van der Waals surface area contributed by atoms with Gasteiger partial charge in [-0.2, -0.15) is 0 Å². The number of fused-ring (bicyclic) bond motifs is 5. The minimum atomic E-state index is -0.733. The summed E-state index contributed by atoms with van der Waals surface area (Å²) in [5, 5.41) is 9.53. The molecule has 3 saturated carbocycles. The number of aliphatic carboxylic acids is 1. The third-order valence-corrected chi connectivity index (χ3v) is 8.78. The summed E-state index contributed by atoms with van der Waals surface area (Å²) >= 11 is 0. The molecule has 4 rings (SSSR count). The molecule has 3 fully saturated rings. The van der Waals surface area contributed by atoms with Crippen LogP contribution in [0.4, 0.5) is 0 Å².